The Kier molecular flexibility index (Phi) is 7.66. The van der Waals surface area contributed by atoms with Gasteiger partial charge in [-0.15, -0.1) is 0 Å². The van der Waals surface area contributed by atoms with E-state index in [1.807, 2.05) is 0 Å². The van der Waals surface area contributed by atoms with Crippen molar-refractivity contribution in [3.63, 3.8) is 0 Å². The number of aliphatic carboxylic acids is 1. The minimum atomic E-state index is -1.39. The van der Waals surface area contributed by atoms with Crippen molar-refractivity contribution >= 4 is 23.8 Å². The number of carboxylic acid groups (broad SMARTS) is 1. The quantitative estimate of drug-likeness (QED) is 0.351. The highest BCUT2D eigenvalue weighted by Gasteiger charge is 2.21. The molecule has 19 heavy (non-hydrogen) atoms. The van der Waals surface area contributed by atoms with Gasteiger partial charge < -0.3 is 26.8 Å². The third-order valence-electron chi connectivity index (χ3n) is 2.02. The van der Waals surface area contributed by atoms with Crippen molar-refractivity contribution < 1.29 is 24.3 Å². The summed E-state index contributed by atoms with van der Waals surface area (Å²) < 4.78 is 0. The molecule has 6 N–H and O–H groups in total. The lowest BCUT2D eigenvalue weighted by Crippen LogP contribution is -2.48. The Hall–Kier alpha value is -2.32. The van der Waals surface area contributed by atoms with Gasteiger partial charge in [0.2, 0.25) is 11.8 Å². The van der Waals surface area contributed by atoms with E-state index in [2.05, 4.69) is 16.0 Å². The number of rotatable bonds is 8. The second-order valence-electron chi connectivity index (χ2n) is 3.67. The first-order valence-corrected chi connectivity index (χ1v) is 5.69. The van der Waals surface area contributed by atoms with Gasteiger partial charge in [-0.1, -0.05) is 0 Å². The van der Waals surface area contributed by atoms with Gasteiger partial charge in [-0.25, -0.2) is 9.59 Å². The third kappa shape index (κ3) is 8.41. The fourth-order valence-electron chi connectivity index (χ4n) is 1.19. The Morgan fingerprint density at radius 2 is 1.84 bits per heavy atom. The van der Waals surface area contributed by atoms with Crippen LogP contribution in [-0.4, -0.2) is 48.1 Å². The first-order valence-electron chi connectivity index (χ1n) is 5.69. The summed E-state index contributed by atoms with van der Waals surface area (Å²) in [4.78, 5) is 43.7. The van der Waals surface area contributed by atoms with Crippen LogP contribution >= 0.6 is 0 Å². The zero-order chi connectivity index (χ0) is 14.8. The van der Waals surface area contributed by atoms with Crippen molar-refractivity contribution in [2.75, 3.05) is 13.1 Å². The molecule has 0 aromatic carbocycles. The molecule has 0 heterocycles. The lowest BCUT2D eigenvalue weighted by atomic mass is 10.2. The first kappa shape index (κ1) is 16.7. The molecule has 0 saturated heterocycles. The number of nitrogens with one attached hydrogen (secondary N) is 3. The Labute approximate surface area is 109 Å². The molecule has 0 fully saturated rings. The molecule has 0 rings (SSSR count). The highest BCUT2D eigenvalue weighted by molar-refractivity contribution is 5.87. The third-order valence-corrected chi connectivity index (χ3v) is 2.02. The molecule has 0 spiro atoms. The SMILES string of the molecule is CCNC(=O)CCNC(=O)N[C@@H](CC(N)=O)C(=O)O. The second kappa shape index (κ2) is 8.72. The number of hydrogen-bond donors (Lipinski definition) is 5. The molecule has 4 amide bonds. The van der Waals surface area contributed by atoms with Gasteiger partial charge in [0.15, 0.2) is 0 Å². The number of carbonyl (C=O) groups excluding carboxylic acids is 3. The lowest BCUT2D eigenvalue weighted by molar-refractivity contribution is -0.140. The highest BCUT2D eigenvalue weighted by Crippen LogP contribution is 1.91. The smallest absolute Gasteiger partial charge is 0.326 e. The average Bonchev–Trinajstić information content (AvgIpc) is 2.27. The van der Waals surface area contributed by atoms with E-state index in [9.17, 15) is 19.2 Å². The number of urea groups is 1. The van der Waals surface area contributed by atoms with E-state index in [1.54, 1.807) is 6.92 Å². The van der Waals surface area contributed by atoms with Gasteiger partial charge in [0.05, 0.1) is 6.42 Å². The topological polar surface area (TPSA) is 151 Å². The lowest BCUT2D eigenvalue weighted by Gasteiger charge is -2.13. The van der Waals surface area contributed by atoms with E-state index < -0.39 is 30.4 Å². The van der Waals surface area contributed by atoms with Crippen molar-refractivity contribution in [2.24, 2.45) is 5.73 Å². The van der Waals surface area contributed by atoms with Crippen LogP contribution in [-0.2, 0) is 14.4 Å². The second-order valence-corrected chi connectivity index (χ2v) is 3.67. The van der Waals surface area contributed by atoms with Gasteiger partial charge in [-0.3, -0.25) is 9.59 Å². The first-order chi connectivity index (χ1) is 8.86. The summed E-state index contributed by atoms with van der Waals surface area (Å²) in [5.41, 5.74) is 4.85. The maximum Gasteiger partial charge on any atom is 0.326 e. The van der Waals surface area contributed by atoms with Crippen LogP contribution in [0, 0.1) is 0 Å². The molecule has 108 valence electrons. The number of amides is 4. The Bertz CT molecular complexity index is 358. The van der Waals surface area contributed by atoms with Crippen LogP contribution in [0.25, 0.3) is 0 Å². The predicted octanol–water partition coefficient (Wildman–Crippen LogP) is -1.86. The maximum atomic E-state index is 11.3. The summed E-state index contributed by atoms with van der Waals surface area (Å²) in [5, 5.41) is 15.7. The minimum absolute atomic E-state index is 0.0561. The number of carbonyl (C=O) groups is 4. The molecule has 9 heteroatoms. The van der Waals surface area contributed by atoms with Crippen molar-refractivity contribution in [1.29, 1.82) is 0 Å². The van der Waals surface area contributed by atoms with Crippen LogP contribution in [0.2, 0.25) is 0 Å². The van der Waals surface area contributed by atoms with Gasteiger partial charge >= 0.3 is 12.0 Å². The molecule has 0 radical (unpaired) electrons. The van der Waals surface area contributed by atoms with Crippen LogP contribution in [0.3, 0.4) is 0 Å². The molecule has 0 bridgehead atoms. The van der Waals surface area contributed by atoms with Crippen LogP contribution in [0.4, 0.5) is 4.79 Å². The van der Waals surface area contributed by atoms with Gasteiger partial charge in [0.25, 0.3) is 0 Å². The molecule has 0 saturated carbocycles. The number of nitrogens with two attached hydrogens (primary N) is 1. The molecule has 0 aliphatic carbocycles. The van der Waals surface area contributed by atoms with Gasteiger partial charge in [0, 0.05) is 19.5 Å². The summed E-state index contributed by atoms with van der Waals surface area (Å²) in [5.74, 6) is -2.43. The maximum absolute atomic E-state index is 11.3. The van der Waals surface area contributed by atoms with Gasteiger partial charge in [-0.05, 0) is 6.92 Å². The van der Waals surface area contributed by atoms with Crippen molar-refractivity contribution in [2.45, 2.75) is 25.8 Å². The largest absolute Gasteiger partial charge is 0.480 e. The summed E-state index contributed by atoms with van der Waals surface area (Å²) in [6, 6.07) is -2.17. The van der Waals surface area contributed by atoms with Gasteiger partial charge in [0.1, 0.15) is 6.04 Å². The number of primary amides is 1. The fourth-order valence-corrected chi connectivity index (χ4v) is 1.19. The Balaban J connectivity index is 4.03. The van der Waals surface area contributed by atoms with Crippen LogP contribution in [0.1, 0.15) is 19.8 Å². The van der Waals surface area contributed by atoms with Crippen LogP contribution in [0.15, 0.2) is 0 Å². The van der Waals surface area contributed by atoms with Gasteiger partial charge in [-0.2, -0.15) is 0 Å². The zero-order valence-electron chi connectivity index (χ0n) is 10.6. The van der Waals surface area contributed by atoms with E-state index in [4.69, 9.17) is 10.8 Å². The zero-order valence-corrected chi connectivity index (χ0v) is 10.6. The van der Waals surface area contributed by atoms with E-state index in [1.165, 1.54) is 0 Å². The van der Waals surface area contributed by atoms with E-state index in [-0.39, 0.29) is 18.9 Å². The van der Waals surface area contributed by atoms with Crippen LogP contribution in [0.5, 0.6) is 0 Å². The summed E-state index contributed by atoms with van der Waals surface area (Å²) in [7, 11) is 0. The fraction of sp³-hybridized carbons (Fsp3) is 0.600. The summed E-state index contributed by atoms with van der Waals surface area (Å²) in [6.07, 6.45) is -0.423. The Morgan fingerprint density at radius 1 is 1.21 bits per heavy atom. The van der Waals surface area contributed by atoms with Crippen molar-refractivity contribution in [3.05, 3.63) is 0 Å². The Morgan fingerprint density at radius 3 is 2.32 bits per heavy atom. The normalized spacial score (nSPS) is 11.2. The highest BCUT2D eigenvalue weighted by atomic mass is 16.4. The summed E-state index contributed by atoms with van der Waals surface area (Å²) >= 11 is 0. The van der Waals surface area contributed by atoms with E-state index in [0.29, 0.717) is 6.54 Å². The average molecular weight is 274 g/mol. The van der Waals surface area contributed by atoms with Crippen molar-refractivity contribution in [3.8, 4) is 0 Å². The molecule has 0 aromatic heterocycles. The number of hydrogen-bond acceptors (Lipinski definition) is 4. The van der Waals surface area contributed by atoms with E-state index >= 15 is 0 Å². The van der Waals surface area contributed by atoms with E-state index in [0.717, 1.165) is 0 Å². The molecule has 0 aliphatic rings. The standard InChI is InChI=1S/C10H18N4O5/c1-2-12-8(16)3-4-13-10(19)14-6(9(17)18)5-7(11)15/h6H,2-5H2,1H3,(H2,11,15)(H,12,16)(H,17,18)(H2,13,14,19)/t6-/m0/s1. The monoisotopic (exact) mass is 274 g/mol. The number of carboxylic acids is 1. The van der Waals surface area contributed by atoms with Crippen LogP contribution < -0.4 is 21.7 Å². The molecule has 0 aliphatic heterocycles. The molecule has 0 unspecified atom stereocenters. The summed E-state index contributed by atoms with van der Waals surface area (Å²) in [6.45, 7) is 2.31. The molecule has 1 atom stereocenters. The minimum Gasteiger partial charge on any atom is -0.480 e. The molecule has 9 nitrogen and oxygen atoms in total. The van der Waals surface area contributed by atoms with Crippen molar-refractivity contribution in [1.82, 2.24) is 16.0 Å². The molecular formula is C10H18N4O5. The predicted molar refractivity (Wildman–Crippen MR) is 65.1 cm³/mol. The molecule has 0 aromatic rings. The molecular weight excluding hydrogens is 256 g/mol.